The highest BCUT2D eigenvalue weighted by atomic mass is 19.1. The summed E-state index contributed by atoms with van der Waals surface area (Å²) < 4.78 is 25.4. The highest BCUT2D eigenvalue weighted by Crippen LogP contribution is 2.34. The van der Waals surface area contributed by atoms with Gasteiger partial charge in [0.1, 0.15) is 11.4 Å². The predicted molar refractivity (Wildman–Crippen MR) is 91.6 cm³/mol. The van der Waals surface area contributed by atoms with Crippen molar-refractivity contribution in [3.8, 4) is 11.6 Å². The van der Waals surface area contributed by atoms with Gasteiger partial charge in [-0.15, -0.1) is 0 Å². The van der Waals surface area contributed by atoms with Crippen LogP contribution in [0.2, 0.25) is 0 Å². The Morgan fingerprint density at radius 3 is 2.92 bits per heavy atom. The van der Waals surface area contributed by atoms with E-state index in [-0.39, 0.29) is 24.6 Å². The average molecular weight is 338 g/mol. The second-order valence-corrected chi connectivity index (χ2v) is 5.77. The summed E-state index contributed by atoms with van der Waals surface area (Å²) in [5.41, 5.74) is 2.10. The summed E-state index contributed by atoms with van der Waals surface area (Å²) in [6.45, 7) is -0.103. The Kier molecular flexibility index (Phi) is 3.72. The Morgan fingerprint density at radius 1 is 1.24 bits per heavy atom. The third kappa shape index (κ3) is 2.76. The fourth-order valence-electron chi connectivity index (χ4n) is 2.94. The highest BCUT2D eigenvalue weighted by Gasteiger charge is 2.22. The summed E-state index contributed by atoms with van der Waals surface area (Å²) in [7, 11) is 1.54. The van der Waals surface area contributed by atoms with Crippen LogP contribution in [0.5, 0.6) is 11.6 Å². The topological polar surface area (TPSA) is 60.5 Å². The second kappa shape index (κ2) is 6.05. The molecule has 0 fully saturated rings. The lowest BCUT2D eigenvalue weighted by molar-refractivity contribution is -0.118. The van der Waals surface area contributed by atoms with Gasteiger partial charge in [-0.05, 0) is 23.8 Å². The van der Waals surface area contributed by atoms with E-state index in [1.54, 1.807) is 12.1 Å². The number of amides is 1. The molecule has 1 N–H and O–H groups in total. The molecule has 126 valence electrons. The number of carbonyl (C=O) groups is 1. The minimum absolute atomic E-state index is 0.0847. The van der Waals surface area contributed by atoms with Crippen molar-refractivity contribution < 1.29 is 18.7 Å². The molecular formula is C19H15FN2O3. The number of rotatable bonds is 3. The van der Waals surface area contributed by atoms with E-state index in [1.807, 2.05) is 30.3 Å². The molecule has 2 aromatic carbocycles. The minimum Gasteiger partial charge on any atom is -0.481 e. The van der Waals surface area contributed by atoms with Gasteiger partial charge in [0.2, 0.25) is 5.88 Å². The number of pyridine rings is 1. The molecular weight excluding hydrogens is 323 g/mol. The van der Waals surface area contributed by atoms with E-state index in [9.17, 15) is 9.18 Å². The number of benzene rings is 2. The molecule has 0 spiro atoms. The van der Waals surface area contributed by atoms with Gasteiger partial charge >= 0.3 is 0 Å². The molecule has 1 aliphatic heterocycles. The first-order chi connectivity index (χ1) is 12.2. The third-order valence-electron chi connectivity index (χ3n) is 4.14. The van der Waals surface area contributed by atoms with Gasteiger partial charge in [0.05, 0.1) is 12.6 Å². The van der Waals surface area contributed by atoms with Gasteiger partial charge in [0.15, 0.2) is 12.4 Å². The van der Waals surface area contributed by atoms with E-state index in [0.29, 0.717) is 17.2 Å². The number of anilines is 1. The molecule has 0 atom stereocenters. The molecule has 1 aliphatic rings. The zero-order valence-corrected chi connectivity index (χ0v) is 13.5. The molecule has 25 heavy (non-hydrogen) atoms. The largest absolute Gasteiger partial charge is 0.481 e. The number of halogens is 1. The van der Waals surface area contributed by atoms with Crippen LogP contribution in [0.1, 0.15) is 11.1 Å². The van der Waals surface area contributed by atoms with E-state index in [1.165, 1.54) is 7.11 Å². The number of aromatic nitrogens is 1. The molecule has 5 nitrogen and oxygen atoms in total. The van der Waals surface area contributed by atoms with Crippen molar-refractivity contribution in [3.63, 3.8) is 0 Å². The normalized spacial score (nSPS) is 13.1. The monoisotopic (exact) mass is 338 g/mol. The number of fused-ring (bicyclic) bond motifs is 2. The molecule has 0 radical (unpaired) electrons. The summed E-state index contributed by atoms with van der Waals surface area (Å²) in [4.78, 5) is 15.9. The van der Waals surface area contributed by atoms with Gasteiger partial charge in [0, 0.05) is 17.4 Å². The first-order valence-corrected chi connectivity index (χ1v) is 7.82. The molecule has 4 rings (SSSR count). The molecule has 0 bridgehead atoms. The van der Waals surface area contributed by atoms with Gasteiger partial charge in [-0.2, -0.15) is 0 Å². The fourth-order valence-corrected chi connectivity index (χ4v) is 2.94. The lowest BCUT2D eigenvalue weighted by Gasteiger charge is -2.20. The number of nitrogens with one attached hydrogen (secondary N) is 1. The number of carbonyl (C=O) groups excluding carboxylic acids is 1. The van der Waals surface area contributed by atoms with Crippen molar-refractivity contribution in [1.82, 2.24) is 4.98 Å². The standard InChI is InChI=1S/C19H15FN2O3/c1-24-19-13(8-11-4-2-3-5-14(11)21-19)9-12-6-7-15-18(17(12)20)22-16(23)10-25-15/h2-8H,9-10H2,1H3,(H,22,23). The highest BCUT2D eigenvalue weighted by molar-refractivity contribution is 5.95. The fraction of sp³-hybridized carbons (Fsp3) is 0.158. The van der Waals surface area contributed by atoms with Crippen LogP contribution in [0.3, 0.4) is 0 Å². The lowest BCUT2D eigenvalue weighted by Crippen LogP contribution is -2.26. The third-order valence-corrected chi connectivity index (χ3v) is 4.14. The Morgan fingerprint density at radius 2 is 2.08 bits per heavy atom. The minimum atomic E-state index is -0.499. The molecule has 0 unspecified atom stereocenters. The summed E-state index contributed by atoms with van der Waals surface area (Å²) in [5, 5.41) is 3.48. The van der Waals surface area contributed by atoms with E-state index in [4.69, 9.17) is 9.47 Å². The number of methoxy groups -OCH3 is 1. The second-order valence-electron chi connectivity index (χ2n) is 5.77. The number of ether oxygens (including phenoxy) is 2. The first-order valence-electron chi connectivity index (χ1n) is 7.82. The van der Waals surface area contributed by atoms with Crippen LogP contribution < -0.4 is 14.8 Å². The van der Waals surface area contributed by atoms with Crippen molar-refractivity contribution in [2.24, 2.45) is 0 Å². The molecule has 3 aromatic rings. The Labute approximate surface area is 143 Å². The van der Waals surface area contributed by atoms with Crippen LogP contribution in [-0.2, 0) is 11.2 Å². The molecule has 0 aliphatic carbocycles. The Balaban J connectivity index is 1.76. The molecule has 6 heteroatoms. The molecule has 2 heterocycles. The van der Waals surface area contributed by atoms with Gasteiger partial charge in [0.25, 0.3) is 5.91 Å². The van der Waals surface area contributed by atoms with Crippen LogP contribution in [-0.4, -0.2) is 24.6 Å². The van der Waals surface area contributed by atoms with Crippen LogP contribution in [0.4, 0.5) is 10.1 Å². The number of nitrogens with zero attached hydrogens (tertiary/aromatic N) is 1. The maximum Gasteiger partial charge on any atom is 0.262 e. The molecule has 1 aromatic heterocycles. The summed E-state index contributed by atoms with van der Waals surface area (Å²) >= 11 is 0. The molecule has 0 saturated carbocycles. The number of hydrogen-bond acceptors (Lipinski definition) is 4. The Hall–Kier alpha value is -3.15. The van der Waals surface area contributed by atoms with E-state index in [0.717, 1.165) is 16.5 Å². The van der Waals surface area contributed by atoms with Gasteiger partial charge < -0.3 is 14.8 Å². The van der Waals surface area contributed by atoms with Crippen molar-refractivity contribution in [2.75, 3.05) is 19.0 Å². The van der Waals surface area contributed by atoms with Crippen molar-refractivity contribution in [2.45, 2.75) is 6.42 Å². The van der Waals surface area contributed by atoms with E-state index >= 15 is 0 Å². The quantitative estimate of drug-likeness (QED) is 0.796. The van der Waals surface area contributed by atoms with Crippen LogP contribution >= 0.6 is 0 Å². The predicted octanol–water partition coefficient (Wildman–Crippen LogP) is 3.30. The summed E-state index contributed by atoms with van der Waals surface area (Å²) in [6, 6.07) is 12.9. The summed E-state index contributed by atoms with van der Waals surface area (Å²) in [5.74, 6) is -0.0742. The van der Waals surface area contributed by atoms with Crippen molar-refractivity contribution >= 4 is 22.5 Å². The van der Waals surface area contributed by atoms with Crippen LogP contribution in [0.25, 0.3) is 10.9 Å². The van der Waals surface area contributed by atoms with Crippen molar-refractivity contribution in [1.29, 1.82) is 0 Å². The Bertz CT molecular complexity index is 988. The van der Waals surface area contributed by atoms with E-state index in [2.05, 4.69) is 10.3 Å². The molecule has 0 saturated heterocycles. The molecule has 1 amide bonds. The maximum atomic E-state index is 14.8. The zero-order valence-electron chi connectivity index (χ0n) is 13.5. The number of para-hydroxylation sites is 1. The summed E-state index contributed by atoms with van der Waals surface area (Å²) in [6.07, 6.45) is 0.288. The van der Waals surface area contributed by atoms with Crippen LogP contribution in [0.15, 0.2) is 42.5 Å². The van der Waals surface area contributed by atoms with E-state index < -0.39 is 5.82 Å². The maximum absolute atomic E-state index is 14.8. The first kappa shape index (κ1) is 15.4. The average Bonchev–Trinajstić information content (AvgIpc) is 2.64. The lowest BCUT2D eigenvalue weighted by atomic mass is 10.0. The van der Waals surface area contributed by atoms with Gasteiger partial charge in [-0.25, -0.2) is 9.37 Å². The van der Waals surface area contributed by atoms with Gasteiger partial charge in [-0.3, -0.25) is 4.79 Å². The SMILES string of the molecule is COc1nc2ccccc2cc1Cc1ccc2c(c1F)NC(=O)CO2. The van der Waals surface area contributed by atoms with Crippen LogP contribution in [0, 0.1) is 5.82 Å². The van der Waals surface area contributed by atoms with Crippen molar-refractivity contribution in [3.05, 3.63) is 59.4 Å². The number of hydrogen-bond donors (Lipinski definition) is 1. The van der Waals surface area contributed by atoms with Gasteiger partial charge in [-0.1, -0.05) is 24.3 Å². The smallest absolute Gasteiger partial charge is 0.262 e. The zero-order chi connectivity index (χ0) is 17.4.